The Labute approximate surface area is 158 Å². The molecule has 0 radical (unpaired) electrons. The van der Waals surface area contributed by atoms with Crippen LogP contribution in [0.25, 0.3) is 0 Å². The van der Waals surface area contributed by atoms with Crippen molar-refractivity contribution < 1.29 is 18.7 Å². The molecule has 1 atom stereocenters. The van der Waals surface area contributed by atoms with Gasteiger partial charge in [-0.3, -0.25) is 4.79 Å². The summed E-state index contributed by atoms with van der Waals surface area (Å²) >= 11 is 0. The van der Waals surface area contributed by atoms with E-state index in [2.05, 4.69) is 10.6 Å². The molecule has 2 N–H and O–H groups in total. The smallest absolute Gasteiger partial charge is 0.241 e. The summed E-state index contributed by atoms with van der Waals surface area (Å²) < 4.78 is 25.2. The number of anilines is 1. The highest BCUT2D eigenvalue weighted by molar-refractivity contribution is 5.95. The Morgan fingerprint density at radius 2 is 1.96 bits per heavy atom. The summed E-state index contributed by atoms with van der Waals surface area (Å²) in [5.41, 5.74) is 1.42. The highest BCUT2D eigenvalue weighted by atomic mass is 35.5. The molecule has 1 aliphatic rings. The second-order valence-electron chi connectivity index (χ2n) is 6.04. The van der Waals surface area contributed by atoms with Crippen molar-refractivity contribution in [1.29, 1.82) is 0 Å². The molecule has 1 fully saturated rings. The van der Waals surface area contributed by atoms with Crippen LogP contribution in [0.3, 0.4) is 0 Å². The van der Waals surface area contributed by atoms with Crippen LogP contribution in [0.5, 0.6) is 17.2 Å². The molecule has 2 aromatic rings. The quantitative estimate of drug-likeness (QED) is 0.821. The van der Waals surface area contributed by atoms with E-state index in [-0.39, 0.29) is 30.1 Å². The lowest BCUT2D eigenvalue weighted by Crippen LogP contribution is -2.35. The lowest BCUT2D eigenvalue weighted by Gasteiger charge is -2.14. The van der Waals surface area contributed by atoms with Gasteiger partial charge in [0.15, 0.2) is 23.1 Å². The van der Waals surface area contributed by atoms with Gasteiger partial charge in [0.1, 0.15) is 0 Å². The van der Waals surface area contributed by atoms with Gasteiger partial charge >= 0.3 is 0 Å². The average molecular weight is 381 g/mol. The van der Waals surface area contributed by atoms with Gasteiger partial charge in [-0.15, -0.1) is 12.4 Å². The van der Waals surface area contributed by atoms with Crippen LogP contribution in [0.15, 0.2) is 36.4 Å². The van der Waals surface area contributed by atoms with Gasteiger partial charge in [0, 0.05) is 11.8 Å². The molecule has 0 aliphatic carbocycles. The number of rotatable bonds is 5. The Morgan fingerprint density at radius 3 is 2.62 bits per heavy atom. The summed E-state index contributed by atoms with van der Waals surface area (Å²) in [5, 5.41) is 5.83. The van der Waals surface area contributed by atoms with Crippen molar-refractivity contribution >= 4 is 24.0 Å². The molecule has 1 unspecified atom stereocenters. The number of nitrogens with one attached hydrogen (secondary N) is 2. The number of aryl methyl sites for hydroxylation is 1. The highest BCUT2D eigenvalue weighted by Gasteiger charge is 2.22. The van der Waals surface area contributed by atoms with Crippen molar-refractivity contribution in [3.8, 4) is 17.2 Å². The zero-order valence-corrected chi connectivity index (χ0v) is 15.5. The van der Waals surface area contributed by atoms with Crippen molar-refractivity contribution in [1.82, 2.24) is 5.32 Å². The number of benzene rings is 2. The van der Waals surface area contributed by atoms with E-state index in [1.807, 2.05) is 19.1 Å². The predicted octanol–water partition coefficient (Wildman–Crippen LogP) is 4.05. The molecular weight excluding hydrogens is 359 g/mol. The van der Waals surface area contributed by atoms with Crippen LogP contribution in [-0.2, 0) is 4.79 Å². The minimum absolute atomic E-state index is 0. The number of halogens is 2. The van der Waals surface area contributed by atoms with Gasteiger partial charge in [0.2, 0.25) is 5.91 Å². The van der Waals surface area contributed by atoms with Gasteiger partial charge in [-0.1, -0.05) is 6.07 Å². The van der Waals surface area contributed by atoms with Crippen molar-refractivity contribution in [2.45, 2.75) is 25.8 Å². The van der Waals surface area contributed by atoms with E-state index in [4.69, 9.17) is 9.47 Å². The normalized spacial score (nSPS) is 15.9. The molecule has 3 rings (SSSR count). The largest absolute Gasteiger partial charge is 0.493 e. The number of carbonyl (C=O) groups excluding carboxylic acids is 1. The van der Waals surface area contributed by atoms with Crippen molar-refractivity contribution in [3.63, 3.8) is 0 Å². The van der Waals surface area contributed by atoms with Gasteiger partial charge in [0.05, 0.1) is 13.2 Å². The van der Waals surface area contributed by atoms with Crippen molar-refractivity contribution in [2.75, 3.05) is 19.0 Å². The van der Waals surface area contributed by atoms with Gasteiger partial charge in [-0.05, 0) is 56.1 Å². The molecule has 1 heterocycles. The van der Waals surface area contributed by atoms with Crippen LogP contribution >= 0.6 is 12.4 Å². The molecule has 0 aromatic heterocycles. The second kappa shape index (κ2) is 8.87. The van der Waals surface area contributed by atoms with E-state index < -0.39 is 5.82 Å². The molecule has 1 aliphatic heterocycles. The number of ether oxygens (including phenoxy) is 2. The monoisotopic (exact) mass is 380 g/mol. The Kier molecular flexibility index (Phi) is 6.83. The summed E-state index contributed by atoms with van der Waals surface area (Å²) in [6, 6.07) is 9.56. The summed E-state index contributed by atoms with van der Waals surface area (Å²) in [7, 11) is 1.54. The van der Waals surface area contributed by atoms with E-state index in [9.17, 15) is 9.18 Å². The fraction of sp³-hybridized carbons (Fsp3) is 0.316. The number of methoxy groups -OCH3 is 1. The minimum Gasteiger partial charge on any atom is -0.493 e. The Balaban J connectivity index is 0.00000243. The van der Waals surface area contributed by atoms with E-state index >= 15 is 0 Å². The van der Waals surface area contributed by atoms with Crippen LogP contribution in [0.1, 0.15) is 18.4 Å². The van der Waals surface area contributed by atoms with Gasteiger partial charge in [0.25, 0.3) is 0 Å². The Hall–Kier alpha value is -2.31. The number of carbonyl (C=O) groups is 1. The van der Waals surface area contributed by atoms with E-state index in [1.54, 1.807) is 12.1 Å². The number of hydrogen-bond acceptors (Lipinski definition) is 4. The van der Waals surface area contributed by atoms with E-state index in [1.165, 1.54) is 19.2 Å². The molecule has 140 valence electrons. The predicted molar refractivity (Wildman–Crippen MR) is 101 cm³/mol. The third-order valence-electron chi connectivity index (χ3n) is 4.12. The molecule has 1 amide bonds. The van der Waals surface area contributed by atoms with Crippen molar-refractivity contribution in [2.24, 2.45) is 0 Å². The highest BCUT2D eigenvalue weighted by Crippen LogP contribution is 2.34. The molecule has 5 nitrogen and oxygen atoms in total. The molecule has 1 saturated heterocycles. The standard InChI is InChI=1S/C19H21FN2O3.ClH/c1-12-5-7-17(18(10-12)24-2)25-16-8-6-13(11-14(16)20)22-19(23)15-4-3-9-21-15;/h5-8,10-11,15,21H,3-4,9H2,1-2H3,(H,22,23);1H. The SMILES string of the molecule is COc1cc(C)ccc1Oc1ccc(NC(=O)C2CCCN2)cc1F.Cl. The minimum atomic E-state index is -0.556. The maximum Gasteiger partial charge on any atom is 0.241 e. The van der Waals surface area contributed by atoms with E-state index in [0.717, 1.165) is 24.9 Å². The molecule has 0 saturated carbocycles. The van der Waals surface area contributed by atoms with Crippen LogP contribution in [-0.4, -0.2) is 25.6 Å². The molecular formula is C19H22ClFN2O3. The maximum absolute atomic E-state index is 14.3. The Morgan fingerprint density at radius 1 is 1.19 bits per heavy atom. The first-order valence-corrected chi connectivity index (χ1v) is 8.23. The van der Waals surface area contributed by atoms with Crippen LogP contribution in [0, 0.1) is 12.7 Å². The van der Waals surface area contributed by atoms with Gasteiger partial charge in [-0.25, -0.2) is 4.39 Å². The van der Waals surface area contributed by atoms with Crippen LogP contribution in [0.2, 0.25) is 0 Å². The summed E-state index contributed by atoms with van der Waals surface area (Å²) in [5.74, 6) is 0.327. The molecule has 0 bridgehead atoms. The van der Waals surface area contributed by atoms with Crippen molar-refractivity contribution in [3.05, 3.63) is 47.8 Å². The summed E-state index contributed by atoms with van der Waals surface area (Å²) in [4.78, 5) is 12.1. The topological polar surface area (TPSA) is 59.6 Å². The molecule has 26 heavy (non-hydrogen) atoms. The van der Waals surface area contributed by atoms with Crippen LogP contribution in [0.4, 0.5) is 10.1 Å². The zero-order chi connectivity index (χ0) is 17.8. The number of amides is 1. The average Bonchev–Trinajstić information content (AvgIpc) is 3.13. The second-order valence-corrected chi connectivity index (χ2v) is 6.04. The van der Waals surface area contributed by atoms with E-state index in [0.29, 0.717) is 17.2 Å². The molecule has 2 aromatic carbocycles. The summed E-state index contributed by atoms with van der Waals surface area (Å²) in [6.45, 7) is 2.77. The lowest BCUT2D eigenvalue weighted by atomic mass is 10.2. The lowest BCUT2D eigenvalue weighted by molar-refractivity contribution is -0.117. The third kappa shape index (κ3) is 4.65. The fourth-order valence-corrected chi connectivity index (χ4v) is 2.78. The summed E-state index contributed by atoms with van der Waals surface area (Å²) in [6.07, 6.45) is 1.76. The fourth-order valence-electron chi connectivity index (χ4n) is 2.78. The first-order chi connectivity index (χ1) is 12.1. The van der Waals surface area contributed by atoms with Crippen LogP contribution < -0.4 is 20.1 Å². The zero-order valence-electron chi connectivity index (χ0n) is 14.7. The Bertz CT molecular complexity index is 779. The maximum atomic E-state index is 14.3. The van der Waals surface area contributed by atoms with Gasteiger partial charge in [-0.2, -0.15) is 0 Å². The molecule has 7 heteroatoms. The third-order valence-corrected chi connectivity index (χ3v) is 4.12. The first kappa shape index (κ1) is 20.0. The molecule has 0 spiro atoms. The first-order valence-electron chi connectivity index (χ1n) is 8.23. The van der Waals surface area contributed by atoms with Gasteiger partial charge < -0.3 is 20.1 Å². The number of hydrogen-bond donors (Lipinski definition) is 2.